The molecule has 116 valence electrons. The van der Waals surface area contributed by atoms with E-state index >= 15 is 0 Å². The van der Waals surface area contributed by atoms with Crippen molar-refractivity contribution in [3.63, 3.8) is 0 Å². The third kappa shape index (κ3) is 2.45. The van der Waals surface area contributed by atoms with Gasteiger partial charge in [0.2, 0.25) is 0 Å². The Kier molecular flexibility index (Phi) is 3.31. The molecule has 2 aliphatic heterocycles. The van der Waals surface area contributed by atoms with Crippen LogP contribution in [-0.4, -0.2) is 54.2 Å². The molecule has 1 aromatic heterocycles. The number of anilines is 1. The third-order valence-corrected chi connectivity index (χ3v) is 3.75. The van der Waals surface area contributed by atoms with E-state index in [9.17, 15) is 18.0 Å². The van der Waals surface area contributed by atoms with Gasteiger partial charge in [0, 0.05) is 19.2 Å². The largest absolute Gasteiger partial charge is 0.412 e. The Bertz CT molecular complexity index is 557. The smallest absolute Gasteiger partial charge is 0.377 e. The van der Waals surface area contributed by atoms with Gasteiger partial charge in [-0.15, -0.1) is 0 Å². The SMILES string of the molecule is C[C@@H]1COCCN1c1cc2n(n1)[C@H](C(F)(F)F)CNC2=O. The number of ether oxygens (including phenoxy) is 1. The zero-order chi connectivity index (χ0) is 15.2. The van der Waals surface area contributed by atoms with Crippen LogP contribution in [0.3, 0.4) is 0 Å². The van der Waals surface area contributed by atoms with Crippen molar-refractivity contribution in [2.75, 3.05) is 31.2 Å². The molecule has 0 aromatic carbocycles. The minimum atomic E-state index is -4.46. The van der Waals surface area contributed by atoms with Gasteiger partial charge in [-0.1, -0.05) is 0 Å². The number of hydrogen-bond donors (Lipinski definition) is 1. The normalized spacial score (nSPS) is 26.5. The second kappa shape index (κ2) is 4.90. The number of amides is 1. The van der Waals surface area contributed by atoms with E-state index in [4.69, 9.17) is 4.74 Å². The van der Waals surface area contributed by atoms with Gasteiger partial charge in [-0.25, -0.2) is 4.68 Å². The number of carbonyl (C=O) groups is 1. The van der Waals surface area contributed by atoms with Crippen LogP contribution >= 0.6 is 0 Å². The lowest BCUT2D eigenvalue weighted by Crippen LogP contribution is -2.45. The van der Waals surface area contributed by atoms with Gasteiger partial charge in [-0.2, -0.15) is 18.3 Å². The van der Waals surface area contributed by atoms with Crippen LogP contribution in [0.1, 0.15) is 23.5 Å². The summed E-state index contributed by atoms with van der Waals surface area (Å²) in [5.74, 6) is -0.151. The minimum absolute atomic E-state index is 0.00287. The van der Waals surface area contributed by atoms with Crippen molar-refractivity contribution < 1.29 is 22.7 Å². The molecule has 2 aliphatic rings. The monoisotopic (exact) mass is 304 g/mol. The third-order valence-electron chi connectivity index (χ3n) is 3.75. The molecule has 0 bridgehead atoms. The molecular formula is C12H15F3N4O2. The summed E-state index contributed by atoms with van der Waals surface area (Å²) < 4.78 is 45.2. The van der Waals surface area contributed by atoms with Gasteiger partial charge in [0.15, 0.2) is 11.9 Å². The standard InChI is InChI=1S/C12H15F3N4O2/c1-7-6-21-3-2-18(7)10-4-8-11(20)16-5-9(12(13,14)15)19(8)17-10/h4,7,9H,2-3,5-6H2,1H3,(H,16,20)/t7-,9+/m1/s1. The van der Waals surface area contributed by atoms with Crippen LogP contribution in [0, 0.1) is 0 Å². The summed E-state index contributed by atoms with van der Waals surface area (Å²) in [5.41, 5.74) is -0.0581. The summed E-state index contributed by atoms with van der Waals surface area (Å²) >= 11 is 0. The number of halogens is 3. The van der Waals surface area contributed by atoms with Gasteiger partial charge in [-0.05, 0) is 6.92 Å². The van der Waals surface area contributed by atoms with Gasteiger partial charge in [0.05, 0.1) is 19.3 Å². The molecule has 1 N–H and O–H groups in total. The van der Waals surface area contributed by atoms with Crippen molar-refractivity contribution in [3.8, 4) is 0 Å². The Morgan fingerprint density at radius 1 is 1.48 bits per heavy atom. The summed E-state index contributed by atoms with van der Waals surface area (Å²) in [6.07, 6.45) is -4.46. The molecule has 1 fully saturated rings. The lowest BCUT2D eigenvalue weighted by molar-refractivity contribution is -0.169. The highest BCUT2D eigenvalue weighted by atomic mass is 19.4. The molecule has 3 rings (SSSR count). The highest BCUT2D eigenvalue weighted by Gasteiger charge is 2.46. The molecule has 9 heteroatoms. The molecule has 21 heavy (non-hydrogen) atoms. The minimum Gasteiger partial charge on any atom is -0.377 e. The fraction of sp³-hybridized carbons (Fsp3) is 0.667. The topological polar surface area (TPSA) is 59.4 Å². The highest BCUT2D eigenvalue weighted by Crippen LogP contribution is 2.34. The maximum absolute atomic E-state index is 13.0. The zero-order valence-electron chi connectivity index (χ0n) is 11.4. The Morgan fingerprint density at radius 3 is 2.90 bits per heavy atom. The number of alkyl halides is 3. The van der Waals surface area contributed by atoms with Crippen LogP contribution in [-0.2, 0) is 4.74 Å². The average molecular weight is 304 g/mol. The summed E-state index contributed by atoms with van der Waals surface area (Å²) in [4.78, 5) is 13.6. The van der Waals surface area contributed by atoms with Gasteiger partial charge in [0.1, 0.15) is 5.69 Å². The fourth-order valence-electron chi connectivity index (χ4n) is 2.62. The second-order valence-electron chi connectivity index (χ2n) is 5.22. The van der Waals surface area contributed by atoms with Crippen molar-refractivity contribution in [2.24, 2.45) is 0 Å². The molecule has 3 heterocycles. The molecule has 0 unspecified atom stereocenters. The predicted octanol–water partition coefficient (Wildman–Crippen LogP) is 0.955. The number of carbonyl (C=O) groups excluding carboxylic acids is 1. The Morgan fingerprint density at radius 2 is 2.24 bits per heavy atom. The van der Waals surface area contributed by atoms with E-state index in [1.165, 1.54) is 6.07 Å². The lowest BCUT2D eigenvalue weighted by Gasteiger charge is -2.33. The maximum atomic E-state index is 13.0. The van der Waals surface area contributed by atoms with Crippen LogP contribution in [0.5, 0.6) is 0 Å². The lowest BCUT2D eigenvalue weighted by atomic mass is 10.2. The van der Waals surface area contributed by atoms with Crippen molar-refractivity contribution in [1.29, 1.82) is 0 Å². The summed E-state index contributed by atoms with van der Waals surface area (Å²) in [6.45, 7) is 2.92. The van der Waals surface area contributed by atoms with Gasteiger partial charge in [0.25, 0.3) is 5.91 Å². The summed E-state index contributed by atoms with van der Waals surface area (Å²) in [7, 11) is 0. The molecule has 1 saturated heterocycles. The number of hydrogen-bond acceptors (Lipinski definition) is 4. The molecule has 0 aliphatic carbocycles. The molecule has 1 amide bonds. The van der Waals surface area contributed by atoms with Crippen molar-refractivity contribution in [2.45, 2.75) is 25.2 Å². The Balaban J connectivity index is 1.98. The summed E-state index contributed by atoms with van der Waals surface area (Å²) in [5, 5.41) is 6.29. The predicted molar refractivity (Wildman–Crippen MR) is 67.3 cm³/mol. The van der Waals surface area contributed by atoms with Crippen LogP contribution in [0.2, 0.25) is 0 Å². The molecule has 1 aromatic rings. The maximum Gasteiger partial charge on any atom is 0.412 e. The van der Waals surface area contributed by atoms with Crippen LogP contribution in [0.25, 0.3) is 0 Å². The quantitative estimate of drug-likeness (QED) is 0.839. The molecule has 0 spiro atoms. The van der Waals surface area contributed by atoms with Crippen molar-refractivity contribution in [3.05, 3.63) is 11.8 Å². The number of fused-ring (bicyclic) bond motifs is 1. The number of nitrogens with zero attached hydrogens (tertiary/aromatic N) is 3. The highest BCUT2D eigenvalue weighted by molar-refractivity contribution is 5.94. The van der Waals surface area contributed by atoms with Crippen LogP contribution in [0.4, 0.5) is 19.0 Å². The van der Waals surface area contributed by atoms with Gasteiger partial charge in [-0.3, -0.25) is 4.79 Å². The van der Waals surface area contributed by atoms with E-state index in [1.54, 1.807) is 0 Å². The molecule has 6 nitrogen and oxygen atoms in total. The van der Waals surface area contributed by atoms with Crippen LogP contribution < -0.4 is 10.2 Å². The number of nitrogens with one attached hydrogen (secondary N) is 1. The van der Waals surface area contributed by atoms with Crippen molar-refractivity contribution >= 4 is 11.7 Å². The van der Waals surface area contributed by atoms with Gasteiger partial charge >= 0.3 is 6.18 Å². The van der Waals surface area contributed by atoms with E-state index < -0.39 is 24.7 Å². The van der Waals surface area contributed by atoms with E-state index in [1.807, 2.05) is 11.8 Å². The Labute approximate surface area is 118 Å². The second-order valence-corrected chi connectivity index (χ2v) is 5.22. The molecular weight excluding hydrogens is 289 g/mol. The van der Waals surface area contributed by atoms with Crippen LogP contribution in [0.15, 0.2) is 6.07 Å². The van der Waals surface area contributed by atoms with E-state index in [0.717, 1.165) is 4.68 Å². The van der Waals surface area contributed by atoms with Gasteiger partial charge < -0.3 is 15.0 Å². The fourth-order valence-corrected chi connectivity index (χ4v) is 2.62. The number of morpholine rings is 1. The first kappa shape index (κ1) is 14.2. The molecule has 0 radical (unpaired) electrons. The molecule has 0 saturated carbocycles. The zero-order valence-corrected chi connectivity index (χ0v) is 11.4. The van der Waals surface area contributed by atoms with E-state index in [0.29, 0.717) is 25.6 Å². The van der Waals surface area contributed by atoms with Crippen molar-refractivity contribution in [1.82, 2.24) is 15.1 Å². The summed E-state index contributed by atoms with van der Waals surface area (Å²) in [6, 6.07) is -0.409. The Hall–Kier alpha value is -1.77. The first-order valence-corrected chi connectivity index (χ1v) is 6.67. The number of aromatic nitrogens is 2. The van der Waals surface area contributed by atoms with E-state index in [-0.39, 0.29) is 11.7 Å². The van der Waals surface area contributed by atoms with E-state index in [2.05, 4.69) is 10.4 Å². The molecule has 2 atom stereocenters. The number of rotatable bonds is 1. The first-order chi connectivity index (χ1) is 9.88. The first-order valence-electron chi connectivity index (χ1n) is 6.67. The average Bonchev–Trinajstić information content (AvgIpc) is 2.83.